The third kappa shape index (κ3) is 2.80. The molecule has 1 aliphatic rings. The second-order valence-corrected chi connectivity index (χ2v) is 6.13. The zero-order valence-corrected chi connectivity index (χ0v) is 12.6. The van der Waals surface area contributed by atoms with Crippen molar-refractivity contribution < 1.29 is 0 Å². The van der Waals surface area contributed by atoms with Gasteiger partial charge in [-0.05, 0) is 49.8 Å². The largest absolute Gasteiger partial charge is 0.380 e. The molecule has 1 N–H and O–H groups in total. The van der Waals surface area contributed by atoms with Crippen LogP contribution in [0.2, 0.25) is 5.15 Å². The lowest BCUT2D eigenvalue weighted by Gasteiger charge is -2.37. The Hall–Kier alpha value is -1.54. The fourth-order valence-electron chi connectivity index (χ4n) is 2.81. The summed E-state index contributed by atoms with van der Waals surface area (Å²) in [5.41, 5.74) is 4.88. The summed E-state index contributed by atoms with van der Waals surface area (Å²) in [5.74, 6) is 0.670. The van der Waals surface area contributed by atoms with E-state index in [-0.39, 0.29) is 0 Å². The predicted octanol–water partition coefficient (Wildman–Crippen LogP) is 4.71. The number of anilines is 1. The van der Waals surface area contributed by atoms with Gasteiger partial charge >= 0.3 is 0 Å². The quantitative estimate of drug-likeness (QED) is 0.827. The van der Waals surface area contributed by atoms with E-state index in [1.807, 2.05) is 6.92 Å². The molecular formula is C17H19ClN2. The summed E-state index contributed by atoms with van der Waals surface area (Å²) in [6.45, 7) is 4.18. The van der Waals surface area contributed by atoms with E-state index in [1.54, 1.807) is 6.20 Å². The van der Waals surface area contributed by atoms with Crippen LogP contribution in [0.3, 0.4) is 0 Å². The Bertz CT molecular complexity index is 618. The number of hydrogen-bond donors (Lipinski definition) is 1. The van der Waals surface area contributed by atoms with Crippen molar-refractivity contribution in [2.45, 2.75) is 38.6 Å². The highest BCUT2D eigenvalue weighted by atomic mass is 35.5. The lowest BCUT2D eigenvalue weighted by Crippen LogP contribution is -2.34. The van der Waals surface area contributed by atoms with Crippen molar-refractivity contribution in [1.82, 2.24) is 4.98 Å². The van der Waals surface area contributed by atoms with E-state index in [9.17, 15) is 0 Å². The molecule has 1 saturated carbocycles. The van der Waals surface area contributed by atoms with E-state index >= 15 is 0 Å². The maximum atomic E-state index is 6.12. The van der Waals surface area contributed by atoms with Crippen molar-refractivity contribution >= 4 is 17.3 Å². The van der Waals surface area contributed by atoms with Gasteiger partial charge in [-0.3, -0.25) is 0 Å². The average Bonchev–Trinajstić information content (AvgIpc) is 2.37. The topological polar surface area (TPSA) is 24.9 Å². The number of halogens is 1. The van der Waals surface area contributed by atoms with Crippen LogP contribution in [0.5, 0.6) is 0 Å². The van der Waals surface area contributed by atoms with Gasteiger partial charge < -0.3 is 5.32 Å². The number of nitrogens with zero attached hydrogens (tertiary/aromatic N) is 1. The Morgan fingerprint density at radius 2 is 1.95 bits per heavy atom. The highest BCUT2D eigenvalue weighted by Crippen LogP contribution is 2.39. The second-order valence-electron chi connectivity index (χ2n) is 5.77. The molecule has 0 spiro atoms. The smallest absolute Gasteiger partial charge is 0.152 e. The minimum Gasteiger partial charge on any atom is -0.380 e. The van der Waals surface area contributed by atoms with E-state index < -0.39 is 0 Å². The van der Waals surface area contributed by atoms with Crippen LogP contribution in [0.4, 0.5) is 5.69 Å². The van der Waals surface area contributed by atoms with Crippen molar-refractivity contribution in [3.05, 3.63) is 58.4 Å². The van der Waals surface area contributed by atoms with E-state index in [0.717, 1.165) is 24.1 Å². The zero-order chi connectivity index (χ0) is 14.1. The third-order valence-electron chi connectivity index (χ3n) is 3.99. The molecule has 0 radical (unpaired) electrons. The summed E-state index contributed by atoms with van der Waals surface area (Å²) < 4.78 is 0. The van der Waals surface area contributed by atoms with Gasteiger partial charge in [0.05, 0.1) is 5.69 Å². The molecule has 3 rings (SSSR count). The molecule has 1 aromatic heterocycles. The maximum absolute atomic E-state index is 6.12. The molecule has 2 nitrogen and oxygen atoms in total. The van der Waals surface area contributed by atoms with E-state index in [0.29, 0.717) is 17.1 Å². The van der Waals surface area contributed by atoms with Crippen LogP contribution in [0.25, 0.3) is 0 Å². The molecule has 2 aromatic rings. The lowest BCUT2D eigenvalue weighted by atomic mass is 9.75. The van der Waals surface area contributed by atoms with Gasteiger partial charge in [0.15, 0.2) is 5.15 Å². The van der Waals surface area contributed by atoms with Gasteiger partial charge in [0.1, 0.15) is 0 Å². The molecule has 1 aliphatic carbocycles. The number of pyridine rings is 1. The predicted molar refractivity (Wildman–Crippen MR) is 84.5 cm³/mol. The molecule has 0 amide bonds. The minimum absolute atomic E-state index is 0.501. The van der Waals surface area contributed by atoms with Gasteiger partial charge in [-0.1, -0.05) is 41.4 Å². The maximum Gasteiger partial charge on any atom is 0.152 e. The number of rotatable bonds is 3. The Morgan fingerprint density at radius 3 is 2.70 bits per heavy atom. The van der Waals surface area contributed by atoms with Crippen molar-refractivity contribution in [2.24, 2.45) is 0 Å². The second kappa shape index (κ2) is 5.45. The van der Waals surface area contributed by atoms with Crippen LogP contribution in [0, 0.1) is 13.8 Å². The number of hydrogen-bond acceptors (Lipinski definition) is 2. The summed E-state index contributed by atoms with van der Waals surface area (Å²) >= 11 is 6.12. The number of aryl methyl sites for hydroxylation is 2. The highest BCUT2D eigenvalue weighted by molar-refractivity contribution is 6.32. The Balaban J connectivity index is 1.62. The van der Waals surface area contributed by atoms with Crippen LogP contribution < -0.4 is 5.32 Å². The van der Waals surface area contributed by atoms with Gasteiger partial charge in [0.2, 0.25) is 0 Å². The van der Waals surface area contributed by atoms with Gasteiger partial charge in [-0.2, -0.15) is 0 Å². The van der Waals surface area contributed by atoms with Gasteiger partial charge in [-0.15, -0.1) is 0 Å². The molecule has 104 valence electrons. The fourth-order valence-corrected chi connectivity index (χ4v) is 2.96. The molecule has 1 heterocycles. The SMILES string of the molecule is Cc1cccc(C2CC(Nc3cc(C)cnc3Cl)C2)c1. The first-order valence-electron chi connectivity index (χ1n) is 7.07. The highest BCUT2D eigenvalue weighted by Gasteiger charge is 2.30. The van der Waals surface area contributed by atoms with Crippen LogP contribution in [-0.4, -0.2) is 11.0 Å². The molecule has 0 saturated heterocycles. The lowest BCUT2D eigenvalue weighted by molar-refractivity contribution is 0.374. The normalized spacial score (nSPS) is 21.4. The molecule has 0 atom stereocenters. The molecule has 1 fully saturated rings. The van der Waals surface area contributed by atoms with Crippen molar-refractivity contribution in [1.29, 1.82) is 0 Å². The van der Waals surface area contributed by atoms with Crippen molar-refractivity contribution in [3.63, 3.8) is 0 Å². The van der Waals surface area contributed by atoms with Gasteiger partial charge in [-0.25, -0.2) is 4.98 Å². The molecular weight excluding hydrogens is 268 g/mol. The average molecular weight is 287 g/mol. The first-order valence-corrected chi connectivity index (χ1v) is 7.45. The van der Waals surface area contributed by atoms with Crippen molar-refractivity contribution in [2.75, 3.05) is 5.32 Å². The first-order chi connectivity index (χ1) is 9.61. The molecule has 3 heteroatoms. The summed E-state index contributed by atoms with van der Waals surface area (Å²) in [6, 6.07) is 11.4. The number of benzene rings is 1. The number of nitrogens with one attached hydrogen (secondary N) is 1. The van der Waals surface area contributed by atoms with Crippen molar-refractivity contribution in [3.8, 4) is 0 Å². The third-order valence-corrected chi connectivity index (χ3v) is 4.29. The monoisotopic (exact) mass is 286 g/mol. The summed E-state index contributed by atoms with van der Waals surface area (Å²) in [5, 5.41) is 4.07. The van der Waals surface area contributed by atoms with Gasteiger partial charge in [0, 0.05) is 12.2 Å². The molecule has 0 unspecified atom stereocenters. The Labute approximate surface area is 125 Å². The molecule has 0 aliphatic heterocycles. The van der Waals surface area contributed by atoms with E-state index in [1.165, 1.54) is 11.1 Å². The molecule has 20 heavy (non-hydrogen) atoms. The molecule has 1 aromatic carbocycles. The zero-order valence-electron chi connectivity index (χ0n) is 11.9. The van der Waals surface area contributed by atoms with Crippen LogP contribution in [0.1, 0.15) is 35.4 Å². The number of aromatic nitrogens is 1. The standard InChI is InChI=1S/C17H19ClN2/c1-11-4-3-5-13(6-11)14-8-15(9-14)20-16-7-12(2)10-19-17(16)18/h3-7,10,14-15,20H,8-9H2,1-2H3. The van der Waals surface area contributed by atoms with Gasteiger partial charge in [0.25, 0.3) is 0 Å². The fraction of sp³-hybridized carbons (Fsp3) is 0.353. The van der Waals surface area contributed by atoms with E-state index in [4.69, 9.17) is 11.6 Å². The van der Waals surface area contributed by atoms with Crippen LogP contribution in [0.15, 0.2) is 36.5 Å². The first kappa shape index (κ1) is 13.4. The van der Waals surface area contributed by atoms with Crippen LogP contribution in [-0.2, 0) is 0 Å². The summed E-state index contributed by atoms with van der Waals surface area (Å²) in [6.07, 6.45) is 4.12. The summed E-state index contributed by atoms with van der Waals surface area (Å²) in [4.78, 5) is 4.18. The molecule has 0 bridgehead atoms. The Morgan fingerprint density at radius 1 is 1.15 bits per heavy atom. The Kier molecular flexibility index (Phi) is 3.66. The minimum atomic E-state index is 0.501. The van der Waals surface area contributed by atoms with Crippen LogP contribution >= 0.6 is 11.6 Å². The summed E-state index contributed by atoms with van der Waals surface area (Å²) in [7, 11) is 0. The van der Waals surface area contributed by atoms with E-state index in [2.05, 4.69) is 47.6 Å².